The molecule has 0 fully saturated rings. The lowest BCUT2D eigenvalue weighted by molar-refractivity contribution is -0.384. The van der Waals surface area contributed by atoms with Gasteiger partial charge >= 0.3 is 0 Å². The zero-order valence-corrected chi connectivity index (χ0v) is 10.8. The largest absolute Gasteiger partial charge is 0.382 e. The van der Waals surface area contributed by atoms with E-state index < -0.39 is 22.2 Å². The fourth-order valence-corrected chi connectivity index (χ4v) is 2.04. The van der Waals surface area contributed by atoms with Crippen LogP contribution in [0, 0.1) is 21.7 Å². The second-order valence-electron chi connectivity index (χ2n) is 4.59. The van der Waals surface area contributed by atoms with Gasteiger partial charge in [0.1, 0.15) is 5.82 Å². The molecule has 0 atom stereocenters. The van der Waals surface area contributed by atoms with Crippen LogP contribution < -0.4 is 5.73 Å². The predicted molar refractivity (Wildman–Crippen MR) is 69.1 cm³/mol. The molecule has 20 heavy (non-hydrogen) atoms. The van der Waals surface area contributed by atoms with Gasteiger partial charge in [0.2, 0.25) is 0 Å². The number of nitrogens with one attached hydrogen (secondary N) is 1. The number of hydrogen-bond acceptors (Lipinski definition) is 4. The molecule has 1 aromatic carbocycles. The highest BCUT2D eigenvalue weighted by Crippen LogP contribution is 2.37. The predicted octanol–water partition coefficient (Wildman–Crippen LogP) is 2.97. The smallest absolute Gasteiger partial charge is 0.281 e. The second-order valence-corrected chi connectivity index (χ2v) is 4.59. The maximum Gasteiger partial charge on any atom is 0.281 e. The standard InChI is InChI=1S/C12H12F2N4O2/c1-5(2)10-11(16-17-12(10)15)6-3-7(13)8(14)4-9(6)18(19)20/h3-5H,1-2H3,(H3,15,16,17). The summed E-state index contributed by atoms with van der Waals surface area (Å²) < 4.78 is 26.6. The topological polar surface area (TPSA) is 97.8 Å². The number of aromatic nitrogens is 2. The van der Waals surface area contributed by atoms with Crippen LogP contribution in [0.2, 0.25) is 0 Å². The van der Waals surface area contributed by atoms with Gasteiger partial charge in [-0.2, -0.15) is 5.10 Å². The van der Waals surface area contributed by atoms with Gasteiger partial charge in [-0.15, -0.1) is 0 Å². The monoisotopic (exact) mass is 282 g/mol. The van der Waals surface area contributed by atoms with Crippen molar-refractivity contribution in [3.63, 3.8) is 0 Å². The number of nitrogens with zero attached hydrogens (tertiary/aromatic N) is 2. The molecule has 1 aromatic heterocycles. The van der Waals surface area contributed by atoms with Gasteiger partial charge in [0.05, 0.1) is 22.2 Å². The quantitative estimate of drug-likeness (QED) is 0.667. The molecule has 0 unspecified atom stereocenters. The Bertz CT molecular complexity index is 682. The van der Waals surface area contributed by atoms with E-state index in [2.05, 4.69) is 10.2 Å². The summed E-state index contributed by atoms with van der Waals surface area (Å²) in [6.07, 6.45) is 0. The Morgan fingerprint density at radius 2 is 1.95 bits per heavy atom. The molecular formula is C12H12F2N4O2. The van der Waals surface area contributed by atoms with E-state index >= 15 is 0 Å². The first-order valence-electron chi connectivity index (χ1n) is 5.80. The Balaban J connectivity index is 2.75. The summed E-state index contributed by atoms with van der Waals surface area (Å²) in [6, 6.07) is 1.32. The molecule has 2 aromatic rings. The summed E-state index contributed by atoms with van der Waals surface area (Å²) in [5.74, 6) is -2.36. The third kappa shape index (κ3) is 2.20. The van der Waals surface area contributed by atoms with Crippen LogP contribution in [0.25, 0.3) is 11.3 Å². The van der Waals surface area contributed by atoms with Crippen molar-refractivity contribution in [2.24, 2.45) is 0 Å². The molecule has 1 heterocycles. The first-order valence-corrected chi connectivity index (χ1v) is 5.80. The summed E-state index contributed by atoms with van der Waals surface area (Å²) in [5, 5.41) is 17.3. The highest BCUT2D eigenvalue weighted by Gasteiger charge is 2.25. The van der Waals surface area contributed by atoms with Crippen LogP contribution in [-0.4, -0.2) is 15.1 Å². The number of nitro benzene ring substituents is 1. The number of nitro groups is 1. The summed E-state index contributed by atoms with van der Waals surface area (Å²) in [7, 11) is 0. The number of hydrogen-bond donors (Lipinski definition) is 2. The average Bonchev–Trinajstić information content (AvgIpc) is 2.73. The van der Waals surface area contributed by atoms with Crippen molar-refractivity contribution in [3.8, 4) is 11.3 Å². The van der Waals surface area contributed by atoms with Crippen molar-refractivity contribution >= 4 is 11.5 Å². The van der Waals surface area contributed by atoms with Gasteiger partial charge in [-0.25, -0.2) is 8.78 Å². The van der Waals surface area contributed by atoms with E-state index in [0.717, 1.165) is 6.07 Å². The lowest BCUT2D eigenvalue weighted by Crippen LogP contribution is -1.99. The Kier molecular flexibility index (Phi) is 3.39. The molecule has 3 N–H and O–H groups in total. The van der Waals surface area contributed by atoms with E-state index in [1.807, 2.05) is 13.8 Å². The molecule has 0 amide bonds. The maximum absolute atomic E-state index is 13.4. The van der Waals surface area contributed by atoms with Crippen LogP contribution in [-0.2, 0) is 0 Å². The van der Waals surface area contributed by atoms with Crippen LogP contribution in [0.5, 0.6) is 0 Å². The van der Waals surface area contributed by atoms with Gasteiger partial charge in [0.25, 0.3) is 5.69 Å². The number of rotatable bonds is 3. The molecule has 8 heteroatoms. The lowest BCUT2D eigenvalue weighted by Gasteiger charge is -2.08. The van der Waals surface area contributed by atoms with Crippen LogP contribution >= 0.6 is 0 Å². The second kappa shape index (κ2) is 4.87. The van der Waals surface area contributed by atoms with Crippen molar-refractivity contribution in [1.29, 1.82) is 0 Å². The molecule has 0 saturated heterocycles. The number of halogens is 2. The van der Waals surface area contributed by atoms with E-state index in [-0.39, 0.29) is 23.0 Å². The van der Waals surface area contributed by atoms with Gasteiger partial charge < -0.3 is 5.73 Å². The van der Waals surface area contributed by atoms with E-state index in [1.165, 1.54) is 0 Å². The van der Waals surface area contributed by atoms with Crippen molar-refractivity contribution in [2.75, 3.05) is 5.73 Å². The van der Waals surface area contributed by atoms with E-state index in [0.29, 0.717) is 11.6 Å². The first-order chi connectivity index (χ1) is 9.32. The Hall–Kier alpha value is -2.51. The van der Waals surface area contributed by atoms with Gasteiger partial charge in [0.15, 0.2) is 11.6 Å². The summed E-state index contributed by atoms with van der Waals surface area (Å²) in [5.41, 5.74) is 5.82. The molecule has 106 valence electrons. The first kappa shape index (κ1) is 13.9. The molecule has 0 bridgehead atoms. The van der Waals surface area contributed by atoms with Gasteiger partial charge in [-0.1, -0.05) is 13.8 Å². The summed E-state index contributed by atoms with van der Waals surface area (Å²) in [4.78, 5) is 10.2. The zero-order chi connectivity index (χ0) is 15.0. The normalized spacial score (nSPS) is 11.1. The van der Waals surface area contributed by atoms with Gasteiger partial charge in [-0.05, 0) is 12.0 Å². The molecule has 0 saturated carbocycles. The Morgan fingerprint density at radius 1 is 1.35 bits per heavy atom. The number of aromatic amines is 1. The molecule has 0 aliphatic carbocycles. The third-order valence-corrected chi connectivity index (χ3v) is 2.92. The molecule has 0 aliphatic rings. The molecule has 0 radical (unpaired) electrons. The number of H-pyrrole nitrogens is 1. The Labute approximate surface area is 112 Å². The fraction of sp³-hybridized carbons (Fsp3) is 0.250. The van der Waals surface area contributed by atoms with Crippen LogP contribution in [0.3, 0.4) is 0 Å². The van der Waals surface area contributed by atoms with E-state index in [1.54, 1.807) is 0 Å². The fourth-order valence-electron chi connectivity index (χ4n) is 2.04. The average molecular weight is 282 g/mol. The van der Waals surface area contributed by atoms with Gasteiger partial charge in [-0.3, -0.25) is 15.2 Å². The summed E-state index contributed by atoms with van der Waals surface area (Å²) >= 11 is 0. The molecule has 6 nitrogen and oxygen atoms in total. The highest BCUT2D eigenvalue weighted by molar-refractivity contribution is 5.76. The molecular weight excluding hydrogens is 270 g/mol. The van der Waals surface area contributed by atoms with Crippen LogP contribution in [0.4, 0.5) is 20.3 Å². The van der Waals surface area contributed by atoms with Crippen LogP contribution in [0.1, 0.15) is 25.3 Å². The van der Waals surface area contributed by atoms with E-state index in [9.17, 15) is 18.9 Å². The number of anilines is 1. The van der Waals surface area contributed by atoms with Gasteiger partial charge in [0, 0.05) is 5.56 Å². The SMILES string of the molecule is CC(C)c1c(N)n[nH]c1-c1cc(F)c(F)cc1[N+](=O)[O-]. The van der Waals surface area contributed by atoms with Crippen molar-refractivity contribution in [3.05, 3.63) is 39.4 Å². The number of benzene rings is 1. The molecule has 0 spiro atoms. The summed E-state index contributed by atoms with van der Waals surface area (Å²) in [6.45, 7) is 3.63. The lowest BCUT2D eigenvalue weighted by atomic mass is 9.97. The van der Waals surface area contributed by atoms with Crippen LogP contribution in [0.15, 0.2) is 12.1 Å². The van der Waals surface area contributed by atoms with Crippen molar-refractivity contribution < 1.29 is 13.7 Å². The maximum atomic E-state index is 13.4. The van der Waals surface area contributed by atoms with Crippen molar-refractivity contribution in [2.45, 2.75) is 19.8 Å². The molecule has 2 rings (SSSR count). The minimum Gasteiger partial charge on any atom is -0.382 e. The van der Waals surface area contributed by atoms with Crippen molar-refractivity contribution in [1.82, 2.24) is 10.2 Å². The number of nitrogen functional groups attached to an aromatic ring is 1. The highest BCUT2D eigenvalue weighted by atomic mass is 19.2. The zero-order valence-electron chi connectivity index (χ0n) is 10.8. The molecule has 0 aliphatic heterocycles. The number of nitrogens with two attached hydrogens (primary N) is 1. The Morgan fingerprint density at radius 3 is 2.50 bits per heavy atom. The third-order valence-electron chi connectivity index (χ3n) is 2.92. The van der Waals surface area contributed by atoms with E-state index in [4.69, 9.17) is 5.73 Å². The minimum absolute atomic E-state index is 0.0817. The minimum atomic E-state index is -1.28.